The van der Waals surface area contributed by atoms with Crippen LogP contribution in [0.4, 0.5) is 0 Å². The third-order valence-corrected chi connectivity index (χ3v) is 3.63. The Morgan fingerprint density at radius 1 is 1.36 bits per heavy atom. The Labute approximate surface area is 130 Å². The summed E-state index contributed by atoms with van der Waals surface area (Å²) in [4.78, 5) is 15.4. The molecule has 0 aliphatic heterocycles. The van der Waals surface area contributed by atoms with E-state index in [2.05, 4.69) is 11.9 Å². The number of nitrogens with one attached hydrogen (secondary N) is 1. The van der Waals surface area contributed by atoms with Crippen LogP contribution in [-0.2, 0) is 9.53 Å². The average Bonchev–Trinajstić information content (AvgIpc) is 2.92. The molecule has 1 unspecified atom stereocenters. The van der Waals surface area contributed by atoms with E-state index in [1.54, 1.807) is 0 Å². The number of H-pyrrole nitrogens is 1. The molecule has 0 spiro atoms. The predicted molar refractivity (Wildman–Crippen MR) is 87.1 cm³/mol. The van der Waals surface area contributed by atoms with Gasteiger partial charge in [0, 0.05) is 29.7 Å². The van der Waals surface area contributed by atoms with Gasteiger partial charge >= 0.3 is 5.97 Å². The molecule has 1 aromatic carbocycles. The minimum Gasteiger partial charge on any atom is -0.494 e. The molecule has 0 fully saturated rings. The highest BCUT2D eigenvalue weighted by atomic mass is 16.5. The van der Waals surface area contributed by atoms with Gasteiger partial charge in [0.1, 0.15) is 5.75 Å². The molecule has 0 saturated carbocycles. The van der Waals surface area contributed by atoms with Gasteiger partial charge in [-0.3, -0.25) is 4.79 Å². The van der Waals surface area contributed by atoms with Crippen molar-refractivity contribution in [3.8, 4) is 5.75 Å². The van der Waals surface area contributed by atoms with E-state index in [0.29, 0.717) is 13.2 Å². The summed E-state index contributed by atoms with van der Waals surface area (Å²) >= 11 is 0. The molecular formula is C17H24N2O3. The highest BCUT2D eigenvalue weighted by Gasteiger charge is 2.23. The molecular weight excluding hydrogens is 280 g/mol. The SMILES string of the molecule is CCCCOC(=O)C(CN)c1c[nH]c2cc(OCC)ccc12. The number of hydrogen-bond acceptors (Lipinski definition) is 4. The number of ether oxygens (including phenoxy) is 2. The van der Waals surface area contributed by atoms with Crippen LogP contribution in [0, 0.1) is 0 Å². The van der Waals surface area contributed by atoms with E-state index in [0.717, 1.165) is 35.1 Å². The molecule has 0 bridgehead atoms. The monoisotopic (exact) mass is 304 g/mol. The molecule has 1 aromatic heterocycles. The maximum absolute atomic E-state index is 12.2. The fourth-order valence-electron chi connectivity index (χ4n) is 2.44. The molecule has 0 saturated heterocycles. The Bertz CT molecular complexity index is 621. The van der Waals surface area contributed by atoms with Gasteiger partial charge in [-0.15, -0.1) is 0 Å². The van der Waals surface area contributed by atoms with Crippen LogP contribution in [0.2, 0.25) is 0 Å². The summed E-state index contributed by atoms with van der Waals surface area (Å²) in [5, 5.41) is 0.978. The summed E-state index contributed by atoms with van der Waals surface area (Å²) in [5.74, 6) is 0.104. The Morgan fingerprint density at radius 3 is 2.86 bits per heavy atom. The number of unbranched alkanes of at least 4 members (excludes halogenated alkanes) is 1. The second-order valence-electron chi connectivity index (χ2n) is 5.19. The summed E-state index contributed by atoms with van der Waals surface area (Å²) in [5.41, 5.74) is 7.61. The van der Waals surface area contributed by atoms with Crippen molar-refractivity contribution in [3.63, 3.8) is 0 Å². The lowest BCUT2D eigenvalue weighted by Gasteiger charge is -2.13. The van der Waals surface area contributed by atoms with Gasteiger partial charge in [0.2, 0.25) is 0 Å². The van der Waals surface area contributed by atoms with Crippen molar-refractivity contribution in [2.75, 3.05) is 19.8 Å². The van der Waals surface area contributed by atoms with Crippen LogP contribution in [-0.4, -0.2) is 30.7 Å². The number of aromatic amines is 1. The molecule has 120 valence electrons. The van der Waals surface area contributed by atoms with E-state index >= 15 is 0 Å². The molecule has 2 aromatic rings. The third-order valence-electron chi connectivity index (χ3n) is 3.63. The summed E-state index contributed by atoms with van der Waals surface area (Å²) in [7, 11) is 0. The van der Waals surface area contributed by atoms with Crippen LogP contribution in [0.15, 0.2) is 24.4 Å². The largest absolute Gasteiger partial charge is 0.494 e. The number of fused-ring (bicyclic) bond motifs is 1. The fourth-order valence-corrected chi connectivity index (χ4v) is 2.44. The molecule has 0 radical (unpaired) electrons. The molecule has 2 rings (SSSR count). The lowest BCUT2D eigenvalue weighted by Crippen LogP contribution is -2.24. The summed E-state index contributed by atoms with van der Waals surface area (Å²) < 4.78 is 10.8. The first-order valence-electron chi connectivity index (χ1n) is 7.81. The highest BCUT2D eigenvalue weighted by Crippen LogP contribution is 2.29. The highest BCUT2D eigenvalue weighted by molar-refractivity contribution is 5.90. The molecule has 1 heterocycles. The van der Waals surface area contributed by atoms with Crippen LogP contribution in [0.1, 0.15) is 38.2 Å². The Morgan fingerprint density at radius 2 is 2.18 bits per heavy atom. The smallest absolute Gasteiger partial charge is 0.314 e. The van der Waals surface area contributed by atoms with E-state index in [1.165, 1.54) is 0 Å². The van der Waals surface area contributed by atoms with E-state index < -0.39 is 5.92 Å². The van der Waals surface area contributed by atoms with Crippen LogP contribution < -0.4 is 10.5 Å². The van der Waals surface area contributed by atoms with E-state index in [1.807, 2.05) is 31.3 Å². The molecule has 22 heavy (non-hydrogen) atoms. The first kappa shape index (κ1) is 16.4. The third kappa shape index (κ3) is 3.60. The molecule has 0 aliphatic rings. The van der Waals surface area contributed by atoms with Gasteiger partial charge in [0.15, 0.2) is 0 Å². The van der Waals surface area contributed by atoms with E-state index in [4.69, 9.17) is 15.2 Å². The lowest BCUT2D eigenvalue weighted by molar-refractivity contribution is -0.145. The van der Waals surface area contributed by atoms with Crippen LogP contribution in [0.25, 0.3) is 10.9 Å². The first-order valence-corrected chi connectivity index (χ1v) is 7.81. The Hall–Kier alpha value is -2.01. The van der Waals surface area contributed by atoms with Crippen molar-refractivity contribution in [2.45, 2.75) is 32.6 Å². The zero-order chi connectivity index (χ0) is 15.9. The second kappa shape index (κ2) is 7.84. The summed E-state index contributed by atoms with van der Waals surface area (Å²) in [6, 6.07) is 5.78. The van der Waals surface area contributed by atoms with Gasteiger partial charge in [-0.2, -0.15) is 0 Å². The van der Waals surface area contributed by atoms with E-state index in [9.17, 15) is 4.79 Å². The van der Waals surface area contributed by atoms with Gasteiger partial charge in [-0.1, -0.05) is 13.3 Å². The number of esters is 1. The molecule has 1 atom stereocenters. The van der Waals surface area contributed by atoms with Gasteiger partial charge in [-0.25, -0.2) is 0 Å². The van der Waals surface area contributed by atoms with Gasteiger partial charge in [0.25, 0.3) is 0 Å². The molecule has 5 nitrogen and oxygen atoms in total. The maximum Gasteiger partial charge on any atom is 0.314 e. The van der Waals surface area contributed by atoms with Crippen LogP contribution in [0.5, 0.6) is 5.75 Å². The number of carbonyl (C=O) groups is 1. The zero-order valence-electron chi connectivity index (χ0n) is 13.2. The molecule has 0 aliphatic carbocycles. The minimum absolute atomic E-state index is 0.227. The number of rotatable bonds is 8. The topological polar surface area (TPSA) is 77.3 Å². The molecule has 0 amide bonds. The van der Waals surface area contributed by atoms with Crippen molar-refractivity contribution in [2.24, 2.45) is 5.73 Å². The van der Waals surface area contributed by atoms with Gasteiger partial charge in [-0.05, 0) is 31.0 Å². The van der Waals surface area contributed by atoms with E-state index in [-0.39, 0.29) is 12.5 Å². The standard InChI is InChI=1S/C17H24N2O3/c1-3-5-8-22-17(20)14(10-18)15-11-19-16-9-12(21-4-2)6-7-13(15)16/h6-7,9,11,14,19H,3-5,8,10,18H2,1-2H3. The molecule has 5 heteroatoms. The molecule has 3 N–H and O–H groups in total. The van der Waals surface area contributed by atoms with Crippen molar-refractivity contribution >= 4 is 16.9 Å². The first-order chi connectivity index (χ1) is 10.7. The Kier molecular flexibility index (Phi) is 5.83. The van der Waals surface area contributed by atoms with Crippen molar-refractivity contribution < 1.29 is 14.3 Å². The van der Waals surface area contributed by atoms with Crippen molar-refractivity contribution in [1.82, 2.24) is 4.98 Å². The van der Waals surface area contributed by atoms with Crippen molar-refractivity contribution in [1.29, 1.82) is 0 Å². The van der Waals surface area contributed by atoms with Crippen LogP contribution >= 0.6 is 0 Å². The van der Waals surface area contributed by atoms with Gasteiger partial charge in [0.05, 0.1) is 19.1 Å². The number of nitrogens with two attached hydrogens (primary N) is 1. The summed E-state index contributed by atoms with van der Waals surface area (Å²) in [6.07, 6.45) is 3.70. The zero-order valence-corrected chi connectivity index (χ0v) is 13.2. The number of benzene rings is 1. The lowest BCUT2D eigenvalue weighted by atomic mass is 9.98. The normalized spacial score (nSPS) is 12.3. The van der Waals surface area contributed by atoms with Crippen LogP contribution in [0.3, 0.4) is 0 Å². The average molecular weight is 304 g/mol. The predicted octanol–water partition coefficient (Wildman–Crippen LogP) is 2.95. The summed E-state index contributed by atoms with van der Waals surface area (Å²) in [6.45, 7) is 5.30. The second-order valence-corrected chi connectivity index (χ2v) is 5.19. The van der Waals surface area contributed by atoms with Crippen molar-refractivity contribution in [3.05, 3.63) is 30.0 Å². The number of hydrogen-bond donors (Lipinski definition) is 2. The fraction of sp³-hybridized carbons (Fsp3) is 0.471. The van der Waals surface area contributed by atoms with Gasteiger partial charge < -0.3 is 20.2 Å². The number of carbonyl (C=O) groups excluding carboxylic acids is 1. The maximum atomic E-state index is 12.2. The minimum atomic E-state index is -0.441. The quantitative estimate of drug-likeness (QED) is 0.580. The number of aromatic nitrogens is 1. The Balaban J connectivity index is 2.22.